The van der Waals surface area contributed by atoms with Crippen LogP contribution in [0.5, 0.6) is 0 Å². The Morgan fingerprint density at radius 2 is 2.00 bits per heavy atom. The van der Waals surface area contributed by atoms with Crippen LogP contribution in [0.2, 0.25) is 0 Å². The lowest BCUT2D eigenvalue weighted by molar-refractivity contribution is -0.900. The first-order valence-corrected chi connectivity index (χ1v) is 6.20. The van der Waals surface area contributed by atoms with Crippen molar-refractivity contribution in [1.29, 1.82) is 0 Å². The Bertz CT molecular complexity index is 241. The molecule has 0 bridgehead atoms. The minimum absolute atomic E-state index is 0.177. The molecule has 1 N–H and O–H groups in total. The van der Waals surface area contributed by atoms with Crippen LogP contribution in [-0.4, -0.2) is 49.4 Å². The molecule has 1 aliphatic heterocycles. The molecule has 3 nitrogen and oxygen atoms in total. The molecule has 1 heterocycles. The number of carbonyl (C=O) groups excluding carboxylic acids is 1. The van der Waals surface area contributed by atoms with Gasteiger partial charge in [-0.1, -0.05) is 0 Å². The van der Waals surface area contributed by atoms with Crippen molar-refractivity contribution < 1.29 is 27.6 Å². The highest BCUT2D eigenvalue weighted by Crippen LogP contribution is 2.22. The fourth-order valence-electron chi connectivity index (χ4n) is 1.55. The first-order valence-electron chi connectivity index (χ1n) is 5.05. The molecule has 1 unspecified atom stereocenters. The molecule has 16 heavy (non-hydrogen) atoms. The van der Waals surface area contributed by atoms with Gasteiger partial charge in [0.2, 0.25) is 6.10 Å². The average Bonchev–Trinajstić information content (AvgIpc) is 2.16. The van der Waals surface area contributed by atoms with Crippen LogP contribution in [0.4, 0.5) is 13.2 Å². The third kappa shape index (κ3) is 4.61. The normalized spacial score (nSPS) is 20.5. The molecule has 7 heteroatoms. The second-order valence-electron chi connectivity index (χ2n) is 3.71. The van der Waals surface area contributed by atoms with Crippen molar-refractivity contribution in [2.75, 3.05) is 31.1 Å². The van der Waals surface area contributed by atoms with Crippen molar-refractivity contribution in [2.45, 2.75) is 19.2 Å². The maximum Gasteiger partial charge on any atom is 0.431 e. The predicted octanol–water partition coefficient (Wildman–Crippen LogP) is 0.112. The van der Waals surface area contributed by atoms with Crippen LogP contribution < -0.4 is 4.90 Å². The Hall–Kier alpha value is -0.430. The van der Waals surface area contributed by atoms with Gasteiger partial charge in [0.1, 0.15) is 6.54 Å². The van der Waals surface area contributed by atoms with Crippen molar-refractivity contribution >= 4 is 17.7 Å². The van der Waals surface area contributed by atoms with Crippen molar-refractivity contribution in [3.05, 3.63) is 0 Å². The average molecular weight is 258 g/mol. The maximum absolute atomic E-state index is 12.5. The van der Waals surface area contributed by atoms with Gasteiger partial charge in [-0.2, -0.15) is 24.9 Å². The number of quaternary nitrogens is 1. The molecule has 0 amide bonds. The summed E-state index contributed by atoms with van der Waals surface area (Å²) in [6, 6.07) is 0. The molecule has 1 atom stereocenters. The van der Waals surface area contributed by atoms with Crippen LogP contribution >= 0.6 is 11.8 Å². The number of hydrogen-bond acceptors (Lipinski definition) is 3. The molecule has 1 fully saturated rings. The van der Waals surface area contributed by atoms with E-state index in [0.717, 1.165) is 23.3 Å². The number of hydrogen-bond donors (Lipinski definition) is 1. The van der Waals surface area contributed by atoms with E-state index in [1.165, 1.54) is 0 Å². The van der Waals surface area contributed by atoms with E-state index in [0.29, 0.717) is 13.1 Å². The highest BCUT2D eigenvalue weighted by molar-refractivity contribution is 7.99. The zero-order valence-corrected chi connectivity index (χ0v) is 9.79. The number of nitrogens with one attached hydrogen (secondary N) is 1. The lowest BCUT2D eigenvalue weighted by Crippen LogP contribution is -3.15. The van der Waals surface area contributed by atoms with Gasteiger partial charge in [-0.3, -0.25) is 4.79 Å². The van der Waals surface area contributed by atoms with Crippen molar-refractivity contribution in [1.82, 2.24) is 0 Å². The number of esters is 1. The minimum Gasteiger partial charge on any atom is -0.447 e. The molecular weight excluding hydrogens is 243 g/mol. The first-order chi connectivity index (χ1) is 7.39. The van der Waals surface area contributed by atoms with Crippen LogP contribution in [0.15, 0.2) is 0 Å². The molecule has 1 saturated heterocycles. The van der Waals surface area contributed by atoms with Crippen LogP contribution in [0, 0.1) is 0 Å². The summed E-state index contributed by atoms with van der Waals surface area (Å²) in [5.74, 6) is 0.841. The van der Waals surface area contributed by atoms with Gasteiger partial charge >= 0.3 is 12.1 Å². The quantitative estimate of drug-likeness (QED) is 0.729. The summed E-state index contributed by atoms with van der Waals surface area (Å²) in [4.78, 5) is 11.5. The molecule has 1 aliphatic rings. The van der Waals surface area contributed by atoms with Gasteiger partial charge in [-0.05, 0) is 0 Å². The summed E-state index contributed by atoms with van der Waals surface area (Å²) in [5.41, 5.74) is 0. The molecule has 0 spiro atoms. The van der Waals surface area contributed by atoms with Crippen molar-refractivity contribution in [3.8, 4) is 0 Å². The Labute approximate surface area is 96.3 Å². The molecule has 0 aliphatic carbocycles. The van der Waals surface area contributed by atoms with Gasteiger partial charge in [0.15, 0.2) is 0 Å². The summed E-state index contributed by atoms with van der Waals surface area (Å²) in [5, 5.41) is 0. The number of rotatable bonds is 3. The van der Waals surface area contributed by atoms with E-state index in [2.05, 4.69) is 4.74 Å². The fourth-order valence-corrected chi connectivity index (χ4v) is 2.62. The van der Waals surface area contributed by atoms with Crippen molar-refractivity contribution in [3.63, 3.8) is 0 Å². The van der Waals surface area contributed by atoms with E-state index < -0.39 is 18.2 Å². The van der Waals surface area contributed by atoms with Gasteiger partial charge in [-0.15, -0.1) is 0 Å². The number of ether oxygens (including phenoxy) is 1. The highest BCUT2D eigenvalue weighted by Gasteiger charge is 2.45. The monoisotopic (exact) mass is 258 g/mol. The molecule has 0 aromatic rings. The van der Waals surface area contributed by atoms with E-state index in [1.54, 1.807) is 11.8 Å². The zero-order chi connectivity index (χ0) is 12.2. The number of alkyl halides is 3. The largest absolute Gasteiger partial charge is 0.447 e. The smallest absolute Gasteiger partial charge is 0.431 e. The molecular formula is C9H15F3NO2S+. The SMILES string of the molecule is CC(=O)OC(C[NH+]1CCSCC1)C(F)(F)F. The Morgan fingerprint density at radius 3 is 2.44 bits per heavy atom. The summed E-state index contributed by atoms with van der Waals surface area (Å²) >= 11 is 1.74. The number of thioether (sulfide) groups is 1. The molecule has 1 rings (SSSR count). The summed E-state index contributed by atoms with van der Waals surface area (Å²) in [6.45, 7) is 2.21. The minimum atomic E-state index is -4.47. The molecule has 0 aromatic heterocycles. The first kappa shape index (κ1) is 13.6. The maximum atomic E-state index is 12.5. The standard InChI is InChI=1S/C9H14F3NO2S/c1-7(14)15-8(9(10,11)12)6-13-2-4-16-5-3-13/h8H,2-6H2,1H3/p+1. The molecule has 0 radical (unpaired) electrons. The number of carbonyl (C=O) groups is 1. The van der Waals surface area contributed by atoms with E-state index in [1.807, 2.05) is 0 Å². The Morgan fingerprint density at radius 1 is 1.44 bits per heavy atom. The van der Waals surface area contributed by atoms with Crippen LogP contribution in [0.1, 0.15) is 6.92 Å². The topological polar surface area (TPSA) is 30.7 Å². The van der Waals surface area contributed by atoms with Gasteiger partial charge in [0.05, 0.1) is 13.1 Å². The molecule has 0 aromatic carbocycles. The summed E-state index contributed by atoms with van der Waals surface area (Å²) in [6.07, 6.45) is -6.44. The second kappa shape index (κ2) is 5.77. The third-order valence-electron chi connectivity index (χ3n) is 2.35. The van der Waals surface area contributed by atoms with Gasteiger partial charge in [0, 0.05) is 18.4 Å². The van der Waals surface area contributed by atoms with Gasteiger partial charge < -0.3 is 9.64 Å². The Kier molecular flexibility index (Phi) is 4.91. The third-order valence-corrected chi connectivity index (χ3v) is 3.33. The van der Waals surface area contributed by atoms with E-state index in [-0.39, 0.29) is 6.54 Å². The predicted molar refractivity (Wildman–Crippen MR) is 54.5 cm³/mol. The van der Waals surface area contributed by atoms with Gasteiger partial charge in [0.25, 0.3) is 0 Å². The van der Waals surface area contributed by atoms with Crippen LogP contribution in [0.25, 0.3) is 0 Å². The molecule has 0 saturated carbocycles. The Balaban J connectivity index is 2.51. The summed E-state index contributed by atoms with van der Waals surface area (Å²) in [7, 11) is 0. The van der Waals surface area contributed by atoms with Gasteiger partial charge in [-0.25, -0.2) is 0 Å². The van der Waals surface area contributed by atoms with Crippen LogP contribution in [0.3, 0.4) is 0 Å². The van der Waals surface area contributed by atoms with Crippen molar-refractivity contribution in [2.24, 2.45) is 0 Å². The zero-order valence-electron chi connectivity index (χ0n) is 8.97. The van der Waals surface area contributed by atoms with E-state index >= 15 is 0 Å². The van der Waals surface area contributed by atoms with E-state index in [9.17, 15) is 18.0 Å². The lowest BCUT2D eigenvalue weighted by Gasteiger charge is -2.28. The highest BCUT2D eigenvalue weighted by atomic mass is 32.2. The number of halogens is 3. The van der Waals surface area contributed by atoms with Crippen LogP contribution in [-0.2, 0) is 9.53 Å². The molecule has 94 valence electrons. The fraction of sp³-hybridized carbons (Fsp3) is 0.889. The second-order valence-corrected chi connectivity index (χ2v) is 4.93. The summed E-state index contributed by atoms with van der Waals surface area (Å²) < 4.78 is 41.9. The lowest BCUT2D eigenvalue weighted by atomic mass is 10.3. The van der Waals surface area contributed by atoms with E-state index in [4.69, 9.17) is 0 Å².